The number of carbonyl (C=O) groups is 1. The number of benzene rings is 2. The van der Waals surface area contributed by atoms with Crippen LogP contribution in [0, 0.1) is 10.1 Å². The molecule has 0 aliphatic carbocycles. The Morgan fingerprint density at radius 1 is 1.09 bits per heavy atom. The Labute approximate surface area is 203 Å². The molecule has 3 rings (SSSR count). The molecular formula is C24H29N5O4S. The van der Waals surface area contributed by atoms with Crippen molar-refractivity contribution in [1.29, 1.82) is 0 Å². The molecule has 0 spiro atoms. The molecule has 0 saturated heterocycles. The number of ether oxygens (including phenoxy) is 1. The molecule has 1 N–H and O–H groups in total. The monoisotopic (exact) mass is 483 g/mol. The maximum absolute atomic E-state index is 12.4. The van der Waals surface area contributed by atoms with Crippen molar-refractivity contribution in [1.82, 2.24) is 14.8 Å². The molecule has 0 fully saturated rings. The Morgan fingerprint density at radius 2 is 1.76 bits per heavy atom. The molecule has 2 aromatic carbocycles. The van der Waals surface area contributed by atoms with Gasteiger partial charge >= 0.3 is 0 Å². The quantitative estimate of drug-likeness (QED) is 0.221. The smallest absolute Gasteiger partial charge is 0.269 e. The molecule has 0 saturated carbocycles. The minimum absolute atomic E-state index is 0.0303. The summed E-state index contributed by atoms with van der Waals surface area (Å²) in [6, 6.07) is 13.7. The number of nitro benzene ring substituents is 1. The van der Waals surface area contributed by atoms with E-state index in [0.717, 1.165) is 11.3 Å². The Kier molecular flexibility index (Phi) is 8.27. The maximum Gasteiger partial charge on any atom is 0.269 e. The van der Waals surface area contributed by atoms with Gasteiger partial charge in [0.15, 0.2) is 17.1 Å². The van der Waals surface area contributed by atoms with Gasteiger partial charge in [-0.1, -0.05) is 43.8 Å². The van der Waals surface area contributed by atoms with Crippen molar-refractivity contribution in [2.45, 2.75) is 57.8 Å². The first-order valence-electron chi connectivity index (χ1n) is 11.0. The molecule has 0 bridgehead atoms. The minimum Gasteiger partial charge on any atom is -0.482 e. The fourth-order valence-electron chi connectivity index (χ4n) is 3.45. The highest BCUT2D eigenvalue weighted by Gasteiger charge is 2.23. The number of anilines is 1. The number of carbonyl (C=O) groups excluding carboxylic acids is 1. The largest absolute Gasteiger partial charge is 0.482 e. The third kappa shape index (κ3) is 6.13. The summed E-state index contributed by atoms with van der Waals surface area (Å²) in [5, 5.41) is 22.8. The molecule has 10 heteroatoms. The van der Waals surface area contributed by atoms with E-state index in [2.05, 4.69) is 35.4 Å². The zero-order valence-corrected chi connectivity index (χ0v) is 20.7. The predicted octanol–water partition coefficient (Wildman–Crippen LogP) is 5.76. The van der Waals surface area contributed by atoms with E-state index in [1.165, 1.54) is 36.0 Å². The zero-order chi connectivity index (χ0) is 24.8. The van der Waals surface area contributed by atoms with Gasteiger partial charge in [-0.15, -0.1) is 10.2 Å². The molecule has 1 amide bonds. The molecule has 1 atom stereocenters. The second kappa shape index (κ2) is 11.1. The third-order valence-corrected chi connectivity index (χ3v) is 6.05. The van der Waals surface area contributed by atoms with Crippen LogP contribution < -0.4 is 10.1 Å². The summed E-state index contributed by atoms with van der Waals surface area (Å²) in [5.41, 5.74) is 1.59. The van der Waals surface area contributed by atoms with Crippen LogP contribution in [-0.2, 0) is 4.79 Å². The van der Waals surface area contributed by atoms with Crippen molar-refractivity contribution in [2.24, 2.45) is 0 Å². The second-order valence-electron chi connectivity index (χ2n) is 8.40. The summed E-state index contributed by atoms with van der Waals surface area (Å²) in [6.07, 6.45) is -0.335. The van der Waals surface area contributed by atoms with E-state index < -0.39 is 4.92 Å². The molecule has 1 aromatic heterocycles. The number of nitrogens with one attached hydrogen (secondary N) is 1. The van der Waals surface area contributed by atoms with E-state index in [9.17, 15) is 14.9 Å². The average Bonchev–Trinajstić information content (AvgIpc) is 3.23. The average molecular weight is 484 g/mol. The van der Waals surface area contributed by atoms with E-state index in [1.54, 1.807) is 0 Å². The van der Waals surface area contributed by atoms with Gasteiger partial charge in [-0.2, -0.15) is 0 Å². The van der Waals surface area contributed by atoms with Gasteiger partial charge < -0.3 is 14.6 Å². The van der Waals surface area contributed by atoms with Gasteiger partial charge in [0.1, 0.15) is 5.75 Å². The highest BCUT2D eigenvalue weighted by Crippen LogP contribution is 2.32. The summed E-state index contributed by atoms with van der Waals surface area (Å²) in [6.45, 7) is 10.3. The normalized spacial score (nSPS) is 12.1. The molecule has 34 heavy (non-hydrogen) atoms. The van der Waals surface area contributed by atoms with E-state index in [0.29, 0.717) is 22.6 Å². The topological polar surface area (TPSA) is 112 Å². The van der Waals surface area contributed by atoms with Crippen molar-refractivity contribution in [3.8, 4) is 5.75 Å². The highest BCUT2D eigenvalue weighted by molar-refractivity contribution is 7.99. The minimum atomic E-state index is -0.482. The first-order valence-corrected chi connectivity index (χ1v) is 12.0. The van der Waals surface area contributed by atoms with Crippen LogP contribution in [0.25, 0.3) is 0 Å². The third-order valence-electron chi connectivity index (χ3n) is 5.11. The standard InChI is InChI=1S/C24H29N5O4S/c1-15(2)20-8-6-7-9-21(20)33-17(5)23-26-27-24(28(23)16(3)4)34-14-22(30)25-18-10-12-19(13-11-18)29(31)32/h6-13,15-17H,14H2,1-5H3,(H,25,30). The Hall–Kier alpha value is -3.40. The Balaban J connectivity index is 1.69. The first-order chi connectivity index (χ1) is 16.2. The van der Waals surface area contributed by atoms with Crippen molar-refractivity contribution in [3.63, 3.8) is 0 Å². The Bertz CT molecular complexity index is 1140. The summed E-state index contributed by atoms with van der Waals surface area (Å²) >= 11 is 1.28. The number of rotatable bonds is 10. The molecule has 180 valence electrons. The SMILES string of the molecule is CC(C)c1ccccc1OC(C)c1nnc(SCC(=O)Nc2ccc([N+](=O)[O-])cc2)n1C(C)C. The Morgan fingerprint density at radius 3 is 2.38 bits per heavy atom. The fraction of sp³-hybridized carbons (Fsp3) is 0.375. The van der Waals surface area contributed by atoms with Crippen LogP contribution in [-0.4, -0.2) is 31.3 Å². The number of hydrogen-bond acceptors (Lipinski definition) is 7. The van der Waals surface area contributed by atoms with Crippen molar-refractivity contribution in [3.05, 3.63) is 70.0 Å². The number of thioether (sulfide) groups is 1. The fourth-order valence-corrected chi connectivity index (χ4v) is 4.33. The van der Waals surface area contributed by atoms with Gasteiger partial charge in [-0.05, 0) is 50.5 Å². The second-order valence-corrected chi connectivity index (χ2v) is 9.34. The summed E-state index contributed by atoms with van der Waals surface area (Å²) < 4.78 is 8.25. The first kappa shape index (κ1) is 25.2. The van der Waals surface area contributed by atoms with Crippen LogP contribution in [0.15, 0.2) is 53.7 Å². The number of non-ortho nitro benzene ring substituents is 1. The van der Waals surface area contributed by atoms with Gasteiger partial charge in [-0.3, -0.25) is 14.9 Å². The molecule has 1 heterocycles. The number of hydrogen-bond donors (Lipinski definition) is 1. The van der Waals surface area contributed by atoms with Crippen molar-refractivity contribution < 1.29 is 14.5 Å². The van der Waals surface area contributed by atoms with Crippen LogP contribution in [0.5, 0.6) is 5.75 Å². The number of para-hydroxylation sites is 1. The van der Waals surface area contributed by atoms with Crippen LogP contribution in [0.1, 0.15) is 64.1 Å². The van der Waals surface area contributed by atoms with E-state index in [-0.39, 0.29) is 29.5 Å². The maximum atomic E-state index is 12.4. The van der Waals surface area contributed by atoms with E-state index in [4.69, 9.17) is 4.74 Å². The van der Waals surface area contributed by atoms with Gasteiger partial charge in [-0.25, -0.2) is 0 Å². The predicted molar refractivity (Wildman–Crippen MR) is 132 cm³/mol. The van der Waals surface area contributed by atoms with Gasteiger partial charge in [0.25, 0.3) is 5.69 Å². The summed E-state index contributed by atoms with van der Waals surface area (Å²) in [7, 11) is 0. The summed E-state index contributed by atoms with van der Waals surface area (Å²) in [4.78, 5) is 22.7. The van der Waals surface area contributed by atoms with Crippen molar-refractivity contribution >= 4 is 29.0 Å². The molecule has 0 aliphatic rings. The van der Waals surface area contributed by atoms with Gasteiger partial charge in [0, 0.05) is 23.9 Å². The number of aromatic nitrogens is 3. The van der Waals surface area contributed by atoms with Crippen molar-refractivity contribution in [2.75, 3.05) is 11.1 Å². The molecular weight excluding hydrogens is 454 g/mol. The number of amides is 1. The van der Waals surface area contributed by atoms with Crippen LogP contribution in [0.4, 0.5) is 11.4 Å². The van der Waals surface area contributed by atoms with Gasteiger partial charge in [0.05, 0.1) is 10.7 Å². The van der Waals surface area contributed by atoms with Gasteiger partial charge in [0.2, 0.25) is 5.91 Å². The lowest BCUT2D eigenvalue weighted by molar-refractivity contribution is -0.384. The molecule has 0 aliphatic heterocycles. The van der Waals surface area contributed by atoms with E-state index >= 15 is 0 Å². The van der Waals surface area contributed by atoms with Crippen LogP contribution >= 0.6 is 11.8 Å². The number of nitro groups is 1. The van der Waals surface area contributed by atoms with Crippen LogP contribution in [0.2, 0.25) is 0 Å². The zero-order valence-electron chi connectivity index (χ0n) is 19.9. The van der Waals surface area contributed by atoms with Crippen LogP contribution in [0.3, 0.4) is 0 Å². The lowest BCUT2D eigenvalue weighted by Gasteiger charge is -2.21. The molecule has 9 nitrogen and oxygen atoms in total. The molecule has 0 radical (unpaired) electrons. The number of nitrogens with zero attached hydrogens (tertiary/aromatic N) is 4. The lowest BCUT2D eigenvalue weighted by atomic mass is 10.0. The molecule has 1 unspecified atom stereocenters. The van der Waals surface area contributed by atoms with E-state index in [1.807, 2.05) is 43.5 Å². The molecule has 3 aromatic rings. The highest BCUT2D eigenvalue weighted by atomic mass is 32.2. The summed E-state index contributed by atoms with van der Waals surface area (Å²) in [5.74, 6) is 1.71. The lowest BCUT2D eigenvalue weighted by Crippen LogP contribution is -2.17.